The number of rotatable bonds is 2. The minimum Gasteiger partial charge on any atom is -0.207 e. The largest absolute Gasteiger partial charge is 0.207 e. The summed E-state index contributed by atoms with van der Waals surface area (Å²) in [7, 11) is 0. The SMILES string of the molecule is Cc1cc(F)cc(F)c1-c1c(C)nnc(C)c1-c1ccc(Cl)cc1. The smallest absolute Gasteiger partial charge is 0.134 e. The van der Waals surface area contributed by atoms with Gasteiger partial charge in [-0.1, -0.05) is 23.7 Å². The van der Waals surface area contributed by atoms with Gasteiger partial charge in [0, 0.05) is 27.8 Å². The second-order valence-corrected chi connectivity index (χ2v) is 6.14. The Labute approximate surface area is 144 Å². The Hall–Kier alpha value is -2.33. The van der Waals surface area contributed by atoms with Crippen molar-refractivity contribution in [3.8, 4) is 22.3 Å². The van der Waals surface area contributed by atoms with E-state index < -0.39 is 11.6 Å². The van der Waals surface area contributed by atoms with Crippen molar-refractivity contribution in [1.82, 2.24) is 10.2 Å². The average Bonchev–Trinajstić information content (AvgIpc) is 2.51. The molecule has 3 aromatic rings. The molecule has 0 N–H and O–H groups in total. The van der Waals surface area contributed by atoms with Gasteiger partial charge in [0.2, 0.25) is 0 Å². The summed E-state index contributed by atoms with van der Waals surface area (Å²) in [6.07, 6.45) is 0. The van der Waals surface area contributed by atoms with Crippen molar-refractivity contribution >= 4 is 11.6 Å². The van der Waals surface area contributed by atoms with E-state index in [9.17, 15) is 8.78 Å². The van der Waals surface area contributed by atoms with E-state index in [0.717, 1.165) is 17.2 Å². The van der Waals surface area contributed by atoms with Crippen LogP contribution in [0.3, 0.4) is 0 Å². The van der Waals surface area contributed by atoms with Crippen LogP contribution in [0, 0.1) is 32.4 Å². The Morgan fingerprint density at radius 2 is 1.38 bits per heavy atom. The Bertz CT molecular complexity index is 898. The fourth-order valence-electron chi connectivity index (χ4n) is 2.91. The number of aromatic nitrogens is 2. The number of hydrogen-bond donors (Lipinski definition) is 0. The Kier molecular flexibility index (Phi) is 4.33. The van der Waals surface area contributed by atoms with Crippen LogP contribution in [0.1, 0.15) is 17.0 Å². The maximum atomic E-state index is 14.6. The third-order valence-corrected chi connectivity index (χ3v) is 4.21. The van der Waals surface area contributed by atoms with Crippen molar-refractivity contribution in [3.05, 3.63) is 70.0 Å². The fraction of sp³-hybridized carbons (Fsp3) is 0.158. The molecule has 0 unspecified atom stereocenters. The normalized spacial score (nSPS) is 10.9. The maximum absolute atomic E-state index is 14.6. The molecule has 0 atom stereocenters. The van der Waals surface area contributed by atoms with Crippen molar-refractivity contribution in [2.24, 2.45) is 0 Å². The maximum Gasteiger partial charge on any atom is 0.134 e. The van der Waals surface area contributed by atoms with Crippen molar-refractivity contribution in [3.63, 3.8) is 0 Å². The van der Waals surface area contributed by atoms with E-state index in [1.807, 2.05) is 19.1 Å². The van der Waals surface area contributed by atoms with Crippen molar-refractivity contribution in [2.45, 2.75) is 20.8 Å². The quantitative estimate of drug-likeness (QED) is 0.598. The predicted octanol–water partition coefficient (Wildman–Crippen LogP) is 5.67. The first-order chi connectivity index (χ1) is 11.4. The summed E-state index contributed by atoms with van der Waals surface area (Å²) in [5, 5.41) is 8.90. The predicted molar refractivity (Wildman–Crippen MR) is 92.0 cm³/mol. The highest BCUT2D eigenvalue weighted by atomic mass is 35.5. The van der Waals surface area contributed by atoms with Crippen LogP contribution in [-0.4, -0.2) is 10.2 Å². The highest BCUT2D eigenvalue weighted by Gasteiger charge is 2.20. The molecule has 0 saturated carbocycles. The molecule has 5 heteroatoms. The van der Waals surface area contributed by atoms with Gasteiger partial charge in [-0.05, 0) is 50.1 Å². The molecule has 0 aliphatic rings. The summed E-state index contributed by atoms with van der Waals surface area (Å²) < 4.78 is 28.0. The Morgan fingerprint density at radius 3 is 1.96 bits per heavy atom. The summed E-state index contributed by atoms with van der Waals surface area (Å²) in [6.45, 7) is 5.27. The molecule has 0 fully saturated rings. The van der Waals surface area contributed by atoms with E-state index in [-0.39, 0.29) is 0 Å². The molecule has 1 heterocycles. The molecule has 0 spiro atoms. The van der Waals surface area contributed by atoms with Crippen molar-refractivity contribution in [1.29, 1.82) is 0 Å². The van der Waals surface area contributed by atoms with Crippen LogP contribution in [0.25, 0.3) is 22.3 Å². The molecular weight excluding hydrogens is 330 g/mol. The van der Waals surface area contributed by atoms with Crippen LogP contribution < -0.4 is 0 Å². The first-order valence-electron chi connectivity index (χ1n) is 7.44. The zero-order chi connectivity index (χ0) is 17.4. The molecule has 0 aliphatic carbocycles. The van der Waals surface area contributed by atoms with E-state index in [4.69, 9.17) is 11.6 Å². The van der Waals surface area contributed by atoms with Crippen molar-refractivity contribution in [2.75, 3.05) is 0 Å². The molecule has 24 heavy (non-hydrogen) atoms. The van der Waals surface area contributed by atoms with Gasteiger partial charge in [0.1, 0.15) is 11.6 Å². The molecule has 0 amide bonds. The summed E-state index contributed by atoms with van der Waals surface area (Å²) >= 11 is 5.97. The van der Waals surface area contributed by atoms with E-state index in [0.29, 0.717) is 33.1 Å². The molecule has 3 rings (SSSR count). The zero-order valence-electron chi connectivity index (χ0n) is 13.5. The van der Waals surface area contributed by atoms with Gasteiger partial charge in [-0.2, -0.15) is 10.2 Å². The highest BCUT2D eigenvalue weighted by Crippen LogP contribution is 2.38. The lowest BCUT2D eigenvalue weighted by atomic mass is 9.90. The summed E-state index contributed by atoms with van der Waals surface area (Å²) in [6, 6.07) is 9.45. The van der Waals surface area contributed by atoms with Gasteiger partial charge in [-0.25, -0.2) is 8.78 Å². The van der Waals surface area contributed by atoms with E-state index in [1.165, 1.54) is 6.07 Å². The molecule has 2 nitrogen and oxygen atoms in total. The molecule has 0 aliphatic heterocycles. The lowest BCUT2D eigenvalue weighted by molar-refractivity contribution is 0.583. The molecule has 2 aromatic carbocycles. The average molecular weight is 345 g/mol. The number of halogens is 3. The zero-order valence-corrected chi connectivity index (χ0v) is 14.2. The molecule has 122 valence electrons. The standard InChI is InChI=1S/C19H15ClF2N2/c1-10-8-15(21)9-16(22)17(10)19-12(3)24-23-11(2)18(19)13-4-6-14(20)7-5-13/h4-9H,1-3H3. The van der Waals surface area contributed by atoms with Crippen LogP contribution in [0.4, 0.5) is 8.78 Å². The van der Waals surface area contributed by atoms with Crippen LogP contribution in [0.15, 0.2) is 36.4 Å². The van der Waals surface area contributed by atoms with Gasteiger partial charge in [-0.3, -0.25) is 0 Å². The topological polar surface area (TPSA) is 25.8 Å². The molecule has 0 radical (unpaired) electrons. The van der Waals surface area contributed by atoms with Gasteiger partial charge in [0.15, 0.2) is 0 Å². The minimum absolute atomic E-state index is 0.344. The second-order valence-electron chi connectivity index (χ2n) is 5.71. The van der Waals surface area contributed by atoms with Crippen LogP contribution in [0.2, 0.25) is 5.02 Å². The van der Waals surface area contributed by atoms with Gasteiger partial charge in [0.05, 0.1) is 11.4 Å². The van der Waals surface area contributed by atoms with Crippen LogP contribution >= 0.6 is 11.6 Å². The summed E-state index contributed by atoms with van der Waals surface area (Å²) in [5.74, 6) is -1.21. The molecule has 0 saturated heterocycles. The first-order valence-corrected chi connectivity index (χ1v) is 7.82. The van der Waals surface area contributed by atoms with E-state index in [2.05, 4.69) is 10.2 Å². The summed E-state index contributed by atoms with van der Waals surface area (Å²) in [5.41, 5.74) is 4.36. The van der Waals surface area contributed by atoms with Gasteiger partial charge in [-0.15, -0.1) is 0 Å². The second kappa shape index (κ2) is 6.29. The third-order valence-electron chi connectivity index (χ3n) is 3.96. The van der Waals surface area contributed by atoms with Crippen LogP contribution in [-0.2, 0) is 0 Å². The van der Waals surface area contributed by atoms with Gasteiger partial charge < -0.3 is 0 Å². The fourth-order valence-corrected chi connectivity index (χ4v) is 3.03. The van der Waals surface area contributed by atoms with E-state index in [1.54, 1.807) is 26.0 Å². The van der Waals surface area contributed by atoms with Crippen LogP contribution in [0.5, 0.6) is 0 Å². The lowest BCUT2D eigenvalue weighted by Crippen LogP contribution is -2.02. The summed E-state index contributed by atoms with van der Waals surface area (Å²) in [4.78, 5) is 0. The Morgan fingerprint density at radius 1 is 0.792 bits per heavy atom. The minimum atomic E-state index is -0.613. The molecule has 0 bridgehead atoms. The molecular formula is C19H15ClF2N2. The van der Waals surface area contributed by atoms with Gasteiger partial charge in [0.25, 0.3) is 0 Å². The third kappa shape index (κ3) is 2.89. The van der Waals surface area contributed by atoms with E-state index >= 15 is 0 Å². The number of hydrogen-bond acceptors (Lipinski definition) is 2. The number of nitrogens with zero attached hydrogens (tertiary/aromatic N) is 2. The monoisotopic (exact) mass is 344 g/mol. The molecule has 1 aromatic heterocycles. The Balaban J connectivity index is 2.37. The number of benzene rings is 2. The lowest BCUT2D eigenvalue weighted by Gasteiger charge is -2.17. The first kappa shape index (κ1) is 16.5. The number of aryl methyl sites for hydroxylation is 3. The van der Waals surface area contributed by atoms with Crippen molar-refractivity contribution < 1.29 is 8.78 Å². The van der Waals surface area contributed by atoms with Gasteiger partial charge >= 0.3 is 0 Å². The highest BCUT2D eigenvalue weighted by molar-refractivity contribution is 6.30.